The normalized spacial score (nSPS) is 33.4. The lowest BCUT2D eigenvalue weighted by Crippen LogP contribution is -2.47. The van der Waals surface area contributed by atoms with E-state index in [0.29, 0.717) is 11.5 Å². The fourth-order valence-electron chi connectivity index (χ4n) is 3.66. The van der Waals surface area contributed by atoms with Crippen molar-refractivity contribution >= 4 is 5.91 Å². The summed E-state index contributed by atoms with van der Waals surface area (Å²) in [5.74, 6) is -0.480. The van der Waals surface area contributed by atoms with Crippen LogP contribution in [0.3, 0.4) is 0 Å². The van der Waals surface area contributed by atoms with Gasteiger partial charge in [0.2, 0.25) is 5.91 Å². The lowest BCUT2D eigenvalue weighted by molar-refractivity contribution is -0.135. The topological polar surface area (TPSA) is 32.3 Å². The number of carbonyl (C=O) groups is 1. The van der Waals surface area contributed by atoms with Gasteiger partial charge in [-0.05, 0) is 43.7 Å². The summed E-state index contributed by atoms with van der Waals surface area (Å²) in [6.45, 7) is 2.16. The summed E-state index contributed by atoms with van der Waals surface area (Å²) < 4.78 is 27.2. The van der Waals surface area contributed by atoms with Gasteiger partial charge in [-0.25, -0.2) is 8.78 Å². The predicted molar refractivity (Wildman–Crippen MR) is 73.2 cm³/mol. The SMILES string of the molecule is CC1CC(N2C(=O)C3(CC3)NC2c2ccc(F)cc2F)C1. The fourth-order valence-corrected chi connectivity index (χ4v) is 3.66. The second-order valence-corrected chi connectivity index (χ2v) is 6.74. The number of rotatable bonds is 2. The van der Waals surface area contributed by atoms with Gasteiger partial charge < -0.3 is 4.90 Å². The highest BCUT2D eigenvalue weighted by Gasteiger charge is 2.61. The van der Waals surface area contributed by atoms with Crippen LogP contribution in [0.4, 0.5) is 8.78 Å². The Labute approximate surface area is 122 Å². The molecule has 1 aromatic rings. The fraction of sp³-hybridized carbons (Fsp3) is 0.562. The van der Waals surface area contributed by atoms with Gasteiger partial charge in [0.05, 0.1) is 0 Å². The lowest BCUT2D eigenvalue weighted by atomic mass is 9.80. The van der Waals surface area contributed by atoms with Gasteiger partial charge in [0, 0.05) is 17.7 Å². The predicted octanol–water partition coefficient (Wildman–Crippen LogP) is 2.73. The Kier molecular flexibility index (Phi) is 2.67. The number of benzene rings is 1. The van der Waals surface area contributed by atoms with Gasteiger partial charge in [0.1, 0.15) is 23.3 Å². The molecule has 0 radical (unpaired) electrons. The molecular weight excluding hydrogens is 274 g/mol. The third-order valence-electron chi connectivity index (χ3n) is 5.08. The van der Waals surface area contributed by atoms with Gasteiger partial charge in [-0.3, -0.25) is 10.1 Å². The van der Waals surface area contributed by atoms with Crippen LogP contribution in [0.1, 0.15) is 44.3 Å². The highest BCUT2D eigenvalue weighted by molar-refractivity contribution is 5.92. The van der Waals surface area contributed by atoms with Gasteiger partial charge in [-0.2, -0.15) is 0 Å². The molecule has 21 heavy (non-hydrogen) atoms. The summed E-state index contributed by atoms with van der Waals surface area (Å²) in [5.41, 5.74) is -0.113. The van der Waals surface area contributed by atoms with Crippen molar-refractivity contribution in [1.29, 1.82) is 0 Å². The maximum atomic E-state index is 14.1. The van der Waals surface area contributed by atoms with E-state index in [1.54, 1.807) is 0 Å². The molecule has 1 N–H and O–H groups in total. The van der Waals surface area contributed by atoms with Gasteiger partial charge in [-0.1, -0.05) is 6.92 Å². The van der Waals surface area contributed by atoms with Crippen LogP contribution in [0.2, 0.25) is 0 Å². The molecule has 112 valence electrons. The monoisotopic (exact) mass is 292 g/mol. The van der Waals surface area contributed by atoms with E-state index in [0.717, 1.165) is 31.7 Å². The molecule has 5 heteroatoms. The van der Waals surface area contributed by atoms with E-state index in [2.05, 4.69) is 12.2 Å². The number of amides is 1. The van der Waals surface area contributed by atoms with Crippen molar-refractivity contribution in [3.8, 4) is 0 Å². The van der Waals surface area contributed by atoms with Crippen molar-refractivity contribution in [1.82, 2.24) is 10.2 Å². The molecule has 1 aliphatic heterocycles. The molecule has 4 rings (SSSR count). The second kappa shape index (κ2) is 4.26. The minimum Gasteiger partial charge on any atom is -0.318 e. The Hall–Kier alpha value is -1.49. The average molecular weight is 292 g/mol. The third kappa shape index (κ3) is 1.90. The molecule has 3 fully saturated rings. The highest BCUT2D eigenvalue weighted by Crippen LogP contribution is 2.49. The molecular formula is C16H18F2N2O. The van der Waals surface area contributed by atoms with Crippen molar-refractivity contribution in [2.24, 2.45) is 5.92 Å². The van der Waals surface area contributed by atoms with Gasteiger partial charge in [-0.15, -0.1) is 0 Å². The Balaban J connectivity index is 1.70. The van der Waals surface area contributed by atoms with Crippen LogP contribution in [0.25, 0.3) is 0 Å². The van der Waals surface area contributed by atoms with Crippen molar-refractivity contribution in [3.63, 3.8) is 0 Å². The zero-order chi connectivity index (χ0) is 14.8. The van der Waals surface area contributed by atoms with E-state index in [1.165, 1.54) is 12.1 Å². The first-order valence-corrected chi connectivity index (χ1v) is 7.55. The standard InChI is InChI=1S/C16H18F2N2O/c1-9-6-11(7-9)20-14(19-16(4-5-16)15(20)21)12-3-2-10(17)8-13(12)18/h2-3,8-9,11,14,19H,4-7H2,1H3. The number of halogens is 2. The van der Waals surface area contributed by atoms with Crippen LogP contribution in [-0.4, -0.2) is 22.4 Å². The Bertz CT molecular complexity index is 608. The quantitative estimate of drug-likeness (QED) is 0.909. The van der Waals surface area contributed by atoms with Crippen LogP contribution in [0.5, 0.6) is 0 Å². The zero-order valence-electron chi connectivity index (χ0n) is 11.9. The van der Waals surface area contributed by atoms with Crippen LogP contribution < -0.4 is 5.32 Å². The molecule has 3 aliphatic rings. The number of nitrogens with zero attached hydrogens (tertiary/aromatic N) is 1. The Morgan fingerprint density at radius 1 is 1.29 bits per heavy atom. The Morgan fingerprint density at radius 2 is 2.00 bits per heavy atom. The highest BCUT2D eigenvalue weighted by atomic mass is 19.1. The van der Waals surface area contributed by atoms with Crippen molar-refractivity contribution in [2.45, 2.75) is 50.4 Å². The number of nitrogens with one attached hydrogen (secondary N) is 1. The first-order chi connectivity index (χ1) is 10.00. The lowest BCUT2D eigenvalue weighted by Gasteiger charge is -2.42. The van der Waals surface area contributed by atoms with E-state index in [4.69, 9.17) is 0 Å². The molecule has 1 spiro atoms. The molecule has 1 aromatic carbocycles. The van der Waals surface area contributed by atoms with E-state index in [9.17, 15) is 13.6 Å². The number of carbonyl (C=O) groups excluding carboxylic acids is 1. The molecule has 1 heterocycles. The minimum atomic E-state index is -0.592. The molecule has 0 bridgehead atoms. The summed E-state index contributed by atoms with van der Waals surface area (Å²) >= 11 is 0. The van der Waals surface area contributed by atoms with E-state index in [-0.39, 0.29) is 11.9 Å². The van der Waals surface area contributed by atoms with Crippen molar-refractivity contribution < 1.29 is 13.6 Å². The molecule has 1 atom stereocenters. The smallest absolute Gasteiger partial charge is 0.244 e. The first-order valence-electron chi connectivity index (χ1n) is 7.55. The average Bonchev–Trinajstić information content (AvgIpc) is 3.11. The summed E-state index contributed by atoms with van der Waals surface area (Å²) in [4.78, 5) is 14.5. The number of hydrogen-bond acceptors (Lipinski definition) is 2. The van der Waals surface area contributed by atoms with Crippen molar-refractivity contribution in [2.75, 3.05) is 0 Å². The molecule has 3 nitrogen and oxygen atoms in total. The molecule has 2 aliphatic carbocycles. The third-order valence-corrected chi connectivity index (χ3v) is 5.08. The molecule has 1 amide bonds. The van der Waals surface area contributed by atoms with Crippen LogP contribution >= 0.6 is 0 Å². The van der Waals surface area contributed by atoms with Crippen molar-refractivity contribution in [3.05, 3.63) is 35.4 Å². The summed E-state index contributed by atoms with van der Waals surface area (Å²) in [6, 6.07) is 3.77. The van der Waals surface area contributed by atoms with Gasteiger partial charge in [0.25, 0.3) is 0 Å². The zero-order valence-corrected chi connectivity index (χ0v) is 11.9. The summed E-state index contributed by atoms with van der Waals surface area (Å²) in [7, 11) is 0. The van der Waals surface area contributed by atoms with E-state index >= 15 is 0 Å². The molecule has 1 saturated heterocycles. The van der Waals surface area contributed by atoms with Gasteiger partial charge >= 0.3 is 0 Å². The largest absolute Gasteiger partial charge is 0.318 e. The number of hydrogen-bond donors (Lipinski definition) is 1. The van der Waals surface area contributed by atoms with Gasteiger partial charge in [0.15, 0.2) is 0 Å². The van der Waals surface area contributed by atoms with E-state index < -0.39 is 23.3 Å². The Morgan fingerprint density at radius 3 is 2.57 bits per heavy atom. The molecule has 2 saturated carbocycles. The minimum absolute atomic E-state index is 0.0909. The summed E-state index contributed by atoms with van der Waals surface area (Å²) in [5, 5.41) is 3.30. The summed E-state index contributed by atoms with van der Waals surface area (Å²) in [6.07, 6.45) is 3.08. The maximum absolute atomic E-state index is 14.1. The first kappa shape index (κ1) is 13.2. The molecule has 1 unspecified atom stereocenters. The molecule has 0 aromatic heterocycles. The van der Waals surface area contributed by atoms with Crippen LogP contribution in [-0.2, 0) is 4.79 Å². The maximum Gasteiger partial charge on any atom is 0.244 e. The van der Waals surface area contributed by atoms with Crippen LogP contribution in [0.15, 0.2) is 18.2 Å². The van der Waals surface area contributed by atoms with Crippen LogP contribution in [0, 0.1) is 17.6 Å². The van der Waals surface area contributed by atoms with E-state index in [1.807, 2.05) is 4.90 Å². The second-order valence-electron chi connectivity index (χ2n) is 6.74.